The lowest BCUT2D eigenvalue weighted by Gasteiger charge is -2.32. The van der Waals surface area contributed by atoms with Gasteiger partial charge in [0.25, 0.3) is 0 Å². The van der Waals surface area contributed by atoms with Crippen LogP contribution in [-0.4, -0.2) is 51.2 Å². The molecule has 0 unspecified atom stereocenters. The summed E-state index contributed by atoms with van der Waals surface area (Å²) in [5.74, 6) is 0.708. The van der Waals surface area contributed by atoms with Gasteiger partial charge in [0.15, 0.2) is 0 Å². The molecular formula is C16H28N4O. The first-order valence-electron chi connectivity index (χ1n) is 8.05. The Bertz CT molecular complexity index is 447. The van der Waals surface area contributed by atoms with Gasteiger partial charge in [0, 0.05) is 25.9 Å². The highest BCUT2D eigenvalue weighted by Crippen LogP contribution is 2.19. The van der Waals surface area contributed by atoms with Crippen molar-refractivity contribution in [2.75, 3.05) is 26.2 Å². The zero-order valence-electron chi connectivity index (χ0n) is 13.3. The Morgan fingerprint density at radius 3 is 2.86 bits per heavy atom. The van der Waals surface area contributed by atoms with Crippen molar-refractivity contribution in [3.05, 3.63) is 23.5 Å². The van der Waals surface area contributed by atoms with Gasteiger partial charge in [-0.3, -0.25) is 9.58 Å². The molecule has 0 atom stereocenters. The van der Waals surface area contributed by atoms with Crippen LogP contribution in [0.25, 0.3) is 0 Å². The zero-order valence-corrected chi connectivity index (χ0v) is 13.3. The third-order valence-corrected chi connectivity index (χ3v) is 4.30. The number of aliphatic hydroxyl groups is 1. The van der Waals surface area contributed by atoms with Crippen molar-refractivity contribution in [1.82, 2.24) is 19.9 Å². The van der Waals surface area contributed by atoms with Crippen LogP contribution >= 0.6 is 0 Å². The fraction of sp³-hybridized carbons (Fsp3) is 0.750. The van der Waals surface area contributed by atoms with Gasteiger partial charge >= 0.3 is 0 Å². The molecule has 118 valence electrons. The van der Waals surface area contributed by atoms with Gasteiger partial charge in [-0.05, 0) is 58.5 Å². The summed E-state index contributed by atoms with van der Waals surface area (Å²) in [5, 5.41) is 17.2. The number of aryl methyl sites for hydroxylation is 1. The van der Waals surface area contributed by atoms with Crippen LogP contribution < -0.4 is 0 Å². The van der Waals surface area contributed by atoms with Crippen LogP contribution in [0.15, 0.2) is 17.8 Å². The molecule has 5 heteroatoms. The molecule has 2 heterocycles. The molecule has 0 amide bonds. The molecule has 1 aromatic rings. The van der Waals surface area contributed by atoms with E-state index < -0.39 is 0 Å². The van der Waals surface area contributed by atoms with Crippen LogP contribution in [0.5, 0.6) is 0 Å². The molecule has 1 aromatic heterocycles. The number of aromatic nitrogens is 3. The molecule has 21 heavy (non-hydrogen) atoms. The third kappa shape index (κ3) is 5.25. The van der Waals surface area contributed by atoms with Gasteiger partial charge in [0.1, 0.15) is 0 Å². The summed E-state index contributed by atoms with van der Waals surface area (Å²) in [4.78, 5) is 2.54. The van der Waals surface area contributed by atoms with Gasteiger partial charge in [0.05, 0.1) is 5.69 Å². The first-order valence-corrected chi connectivity index (χ1v) is 8.05. The van der Waals surface area contributed by atoms with E-state index in [0.29, 0.717) is 5.92 Å². The van der Waals surface area contributed by atoms with E-state index >= 15 is 0 Å². The van der Waals surface area contributed by atoms with Crippen LogP contribution in [0.3, 0.4) is 0 Å². The topological polar surface area (TPSA) is 54.2 Å². The highest BCUT2D eigenvalue weighted by molar-refractivity contribution is 4.99. The number of nitrogens with zero attached hydrogens (tertiary/aromatic N) is 4. The zero-order chi connectivity index (χ0) is 15.1. The van der Waals surface area contributed by atoms with Crippen molar-refractivity contribution in [3.8, 4) is 0 Å². The summed E-state index contributed by atoms with van der Waals surface area (Å²) >= 11 is 0. The Hall–Kier alpha value is -1.20. The van der Waals surface area contributed by atoms with Crippen LogP contribution in [0, 0.1) is 5.92 Å². The van der Waals surface area contributed by atoms with E-state index in [2.05, 4.69) is 35.1 Å². The van der Waals surface area contributed by atoms with Gasteiger partial charge in [-0.1, -0.05) is 16.9 Å². The van der Waals surface area contributed by atoms with E-state index in [9.17, 15) is 0 Å². The van der Waals surface area contributed by atoms with E-state index in [1.54, 1.807) is 0 Å². The minimum Gasteiger partial charge on any atom is -0.396 e. The molecule has 0 aromatic carbocycles. The molecule has 0 saturated carbocycles. The third-order valence-electron chi connectivity index (χ3n) is 4.30. The lowest BCUT2D eigenvalue weighted by atomic mass is 9.96. The normalized spacial score (nSPS) is 18.3. The second-order valence-corrected chi connectivity index (χ2v) is 6.11. The predicted molar refractivity (Wildman–Crippen MR) is 84.0 cm³/mol. The largest absolute Gasteiger partial charge is 0.396 e. The monoisotopic (exact) mass is 292 g/mol. The van der Waals surface area contributed by atoms with Crippen LogP contribution in [0.4, 0.5) is 0 Å². The average molecular weight is 292 g/mol. The molecule has 2 rings (SSSR count). The summed E-state index contributed by atoms with van der Waals surface area (Å²) < 4.78 is 1.98. The van der Waals surface area contributed by atoms with Crippen molar-refractivity contribution in [3.63, 3.8) is 0 Å². The molecule has 0 aliphatic carbocycles. The summed E-state index contributed by atoms with van der Waals surface area (Å²) in [6, 6.07) is 0. The SMILES string of the molecule is C/C=C(\C)CN1CCC(Cn2cc(CCCO)nn2)CC1. The molecule has 1 N–H and O–H groups in total. The number of likely N-dealkylation sites (tertiary alicyclic amines) is 1. The average Bonchev–Trinajstić information content (AvgIpc) is 2.94. The van der Waals surface area contributed by atoms with Crippen LogP contribution in [0.2, 0.25) is 0 Å². The summed E-state index contributed by atoms with van der Waals surface area (Å²) in [7, 11) is 0. The Kier molecular flexibility index (Phi) is 6.39. The number of allylic oxidation sites excluding steroid dienone is 1. The molecular weight excluding hydrogens is 264 g/mol. The second-order valence-electron chi connectivity index (χ2n) is 6.11. The molecule has 1 aliphatic heterocycles. The van der Waals surface area contributed by atoms with Gasteiger partial charge in [-0.15, -0.1) is 5.10 Å². The number of hydrogen-bond acceptors (Lipinski definition) is 4. The first-order chi connectivity index (χ1) is 10.2. The van der Waals surface area contributed by atoms with Crippen molar-refractivity contribution in [2.24, 2.45) is 5.92 Å². The van der Waals surface area contributed by atoms with E-state index in [1.165, 1.54) is 31.5 Å². The Morgan fingerprint density at radius 2 is 2.19 bits per heavy atom. The minimum absolute atomic E-state index is 0.219. The summed E-state index contributed by atoms with van der Waals surface area (Å²) in [6.45, 7) is 8.98. The molecule has 0 spiro atoms. The number of aliphatic hydroxyl groups excluding tert-OH is 1. The summed E-state index contributed by atoms with van der Waals surface area (Å²) in [5.41, 5.74) is 2.45. The van der Waals surface area contributed by atoms with Crippen LogP contribution in [0.1, 0.15) is 38.8 Å². The quantitative estimate of drug-likeness (QED) is 0.780. The van der Waals surface area contributed by atoms with Gasteiger partial charge in [-0.2, -0.15) is 0 Å². The van der Waals surface area contributed by atoms with E-state index in [0.717, 1.165) is 31.6 Å². The van der Waals surface area contributed by atoms with Crippen molar-refractivity contribution >= 4 is 0 Å². The Morgan fingerprint density at radius 1 is 1.43 bits per heavy atom. The highest BCUT2D eigenvalue weighted by Gasteiger charge is 2.19. The van der Waals surface area contributed by atoms with Crippen molar-refractivity contribution in [1.29, 1.82) is 0 Å². The molecule has 1 fully saturated rings. The molecule has 1 aliphatic rings. The van der Waals surface area contributed by atoms with E-state index in [1.807, 2.05) is 10.9 Å². The highest BCUT2D eigenvalue weighted by atomic mass is 16.2. The van der Waals surface area contributed by atoms with Crippen LogP contribution in [-0.2, 0) is 13.0 Å². The fourth-order valence-corrected chi connectivity index (χ4v) is 2.84. The Labute approximate surface area is 127 Å². The maximum atomic E-state index is 8.84. The number of hydrogen-bond donors (Lipinski definition) is 1. The van der Waals surface area contributed by atoms with Gasteiger partial charge < -0.3 is 5.11 Å². The van der Waals surface area contributed by atoms with Crippen molar-refractivity contribution in [2.45, 2.75) is 46.1 Å². The van der Waals surface area contributed by atoms with E-state index in [4.69, 9.17) is 5.11 Å². The maximum Gasteiger partial charge on any atom is 0.0828 e. The fourth-order valence-electron chi connectivity index (χ4n) is 2.84. The number of rotatable bonds is 7. The Balaban J connectivity index is 1.74. The first kappa shape index (κ1) is 16.2. The molecule has 5 nitrogen and oxygen atoms in total. The minimum atomic E-state index is 0.219. The lowest BCUT2D eigenvalue weighted by molar-refractivity contribution is 0.181. The molecule has 0 radical (unpaired) electrons. The summed E-state index contributed by atoms with van der Waals surface area (Å²) in [6.07, 6.45) is 8.30. The van der Waals surface area contributed by atoms with E-state index in [-0.39, 0.29) is 6.61 Å². The van der Waals surface area contributed by atoms with Gasteiger partial charge in [0.2, 0.25) is 0 Å². The number of piperidine rings is 1. The smallest absolute Gasteiger partial charge is 0.0828 e. The molecule has 1 saturated heterocycles. The standard InChI is InChI=1S/C16H28N4O/c1-3-14(2)11-19-8-6-15(7-9-19)12-20-13-16(17-18-20)5-4-10-21/h3,13,15,21H,4-12H2,1-2H3/b14-3+. The second kappa shape index (κ2) is 8.29. The van der Waals surface area contributed by atoms with Crippen molar-refractivity contribution < 1.29 is 5.11 Å². The maximum absolute atomic E-state index is 8.84. The van der Waals surface area contributed by atoms with Gasteiger partial charge in [-0.25, -0.2) is 0 Å². The predicted octanol–water partition coefficient (Wildman–Crippen LogP) is 1.88. The molecule has 0 bridgehead atoms. The lowest BCUT2D eigenvalue weighted by Crippen LogP contribution is -2.36.